The first-order valence-electron chi connectivity index (χ1n) is 5.86. The Kier molecular flexibility index (Phi) is 5.04. The SMILES string of the molecule is CC1C(CO)OC(C(C)(C)C)C(C)C1OI. The summed E-state index contributed by atoms with van der Waals surface area (Å²) in [6.07, 6.45) is 0.163. The van der Waals surface area contributed by atoms with Crippen molar-refractivity contribution in [3.8, 4) is 0 Å². The summed E-state index contributed by atoms with van der Waals surface area (Å²) in [7, 11) is 0. The number of aliphatic hydroxyl groups is 1. The van der Waals surface area contributed by atoms with E-state index in [0.717, 1.165) is 0 Å². The third kappa shape index (κ3) is 2.89. The van der Waals surface area contributed by atoms with Crippen molar-refractivity contribution in [3.05, 3.63) is 0 Å². The van der Waals surface area contributed by atoms with Gasteiger partial charge in [0.2, 0.25) is 0 Å². The van der Waals surface area contributed by atoms with Crippen molar-refractivity contribution >= 4 is 23.0 Å². The third-order valence-electron chi connectivity index (χ3n) is 3.56. The average molecular weight is 342 g/mol. The predicted molar refractivity (Wildman–Crippen MR) is 72.4 cm³/mol. The van der Waals surface area contributed by atoms with Gasteiger partial charge >= 0.3 is 0 Å². The van der Waals surface area contributed by atoms with Gasteiger partial charge in [-0.1, -0.05) is 34.6 Å². The minimum absolute atomic E-state index is 0.0664. The monoisotopic (exact) mass is 342 g/mol. The summed E-state index contributed by atoms with van der Waals surface area (Å²) in [6.45, 7) is 10.8. The maximum absolute atomic E-state index is 9.36. The van der Waals surface area contributed by atoms with E-state index in [0.29, 0.717) is 5.92 Å². The minimum Gasteiger partial charge on any atom is -0.394 e. The number of hydrogen-bond acceptors (Lipinski definition) is 3. The summed E-state index contributed by atoms with van der Waals surface area (Å²) in [4.78, 5) is 0. The molecule has 0 spiro atoms. The van der Waals surface area contributed by atoms with E-state index in [1.807, 2.05) is 23.0 Å². The van der Waals surface area contributed by atoms with Crippen molar-refractivity contribution in [2.24, 2.45) is 17.3 Å². The summed E-state index contributed by atoms with van der Waals surface area (Å²) in [5.74, 6) is 0.574. The molecule has 0 aliphatic carbocycles. The number of hydrogen-bond donors (Lipinski definition) is 1. The van der Waals surface area contributed by atoms with Gasteiger partial charge in [0, 0.05) is 11.8 Å². The molecule has 1 heterocycles. The molecule has 1 aliphatic rings. The molecule has 0 aromatic rings. The zero-order valence-electron chi connectivity index (χ0n) is 10.7. The Labute approximate surface area is 113 Å². The molecular formula is C12H23IO3. The van der Waals surface area contributed by atoms with Crippen LogP contribution in [0.1, 0.15) is 34.6 Å². The van der Waals surface area contributed by atoms with Crippen LogP contribution in [0.2, 0.25) is 0 Å². The van der Waals surface area contributed by atoms with Crippen molar-refractivity contribution in [1.29, 1.82) is 0 Å². The van der Waals surface area contributed by atoms with Crippen molar-refractivity contribution < 1.29 is 12.9 Å². The van der Waals surface area contributed by atoms with Crippen molar-refractivity contribution in [1.82, 2.24) is 0 Å². The quantitative estimate of drug-likeness (QED) is 0.785. The van der Waals surface area contributed by atoms with E-state index in [9.17, 15) is 5.11 Å². The Bertz CT molecular complexity index is 227. The first-order chi connectivity index (χ1) is 7.32. The van der Waals surface area contributed by atoms with Gasteiger partial charge in [-0.25, -0.2) is 0 Å². The summed E-state index contributed by atoms with van der Waals surface area (Å²) < 4.78 is 11.6. The molecule has 5 unspecified atom stereocenters. The highest BCUT2D eigenvalue weighted by Gasteiger charge is 2.45. The lowest BCUT2D eigenvalue weighted by atomic mass is 9.74. The van der Waals surface area contributed by atoms with Crippen LogP contribution in [-0.2, 0) is 7.80 Å². The van der Waals surface area contributed by atoms with Gasteiger partial charge in [-0.15, -0.1) is 0 Å². The second-order valence-corrected chi connectivity index (χ2v) is 6.42. The molecule has 0 saturated carbocycles. The number of rotatable bonds is 2. The number of aliphatic hydroxyl groups excluding tert-OH is 1. The standard InChI is InChI=1S/C12H23IO3/c1-7-9(6-14)15-11(12(3,4)5)8(2)10(7)16-13/h7-11,14H,6H2,1-5H3. The third-order valence-corrected chi connectivity index (χ3v) is 4.15. The Balaban J connectivity index is 2.89. The zero-order valence-corrected chi connectivity index (χ0v) is 12.9. The van der Waals surface area contributed by atoms with Gasteiger partial charge in [0.05, 0.1) is 24.9 Å². The van der Waals surface area contributed by atoms with Crippen LogP contribution in [0.3, 0.4) is 0 Å². The fourth-order valence-electron chi connectivity index (χ4n) is 2.66. The van der Waals surface area contributed by atoms with Gasteiger partial charge in [-0.3, -0.25) is 0 Å². The maximum atomic E-state index is 9.36. The largest absolute Gasteiger partial charge is 0.394 e. The molecule has 0 radical (unpaired) electrons. The van der Waals surface area contributed by atoms with Crippen LogP contribution in [0.5, 0.6) is 0 Å². The highest BCUT2D eigenvalue weighted by molar-refractivity contribution is 14.1. The second kappa shape index (κ2) is 5.50. The summed E-state index contributed by atoms with van der Waals surface area (Å²) in [6, 6.07) is 0. The summed E-state index contributed by atoms with van der Waals surface area (Å²) >= 11 is 1.96. The van der Waals surface area contributed by atoms with E-state index >= 15 is 0 Å². The van der Waals surface area contributed by atoms with Crippen LogP contribution in [0.15, 0.2) is 0 Å². The fraction of sp³-hybridized carbons (Fsp3) is 1.00. The Morgan fingerprint density at radius 1 is 1.25 bits per heavy atom. The minimum atomic E-state index is -0.111. The molecule has 0 amide bonds. The van der Waals surface area contributed by atoms with E-state index in [2.05, 4.69) is 34.6 Å². The van der Waals surface area contributed by atoms with Crippen LogP contribution in [0.4, 0.5) is 0 Å². The highest BCUT2D eigenvalue weighted by atomic mass is 127. The molecule has 1 saturated heterocycles. The van der Waals surface area contributed by atoms with Gasteiger partial charge in [0.1, 0.15) is 23.0 Å². The van der Waals surface area contributed by atoms with Crippen molar-refractivity contribution in [2.45, 2.75) is 52.9 Å². The van der Waals surface area contributed by atoms with Crippen LogP contribution in [0, 0.1) is 17.3 Å². The molecule has 0 bridgehead atoms. The van der Waals surface area contributed by atoms with E-state index in [-0.39, 0.29) is 36.3 Å². The van der Waals surface area contributed by atoms with Crippen molar-refractivity contribution in [3.63, 3.8) is 0 Å². The van der Waals surface area contributed by atoms with Gasteiger partial charge in [0.25, 0.3) is 0 Å². The topological polar surface area (TPSA) is 38.7 Å². The molecule has 4 heteroatoms. The Morgan fingerprint density at radius 3 is 2.19 bits per heavy atom. The molecule has 1 N–H and O–H groups in total. The van der Waals surface area contributed by atoms with Crippen molar-refractivity contribution in [2.75, 3.05) is 6.61 Å². The van der Waals surface area contributed by atoms with Crippen LogP contribution in [-0.4, -0.2) is 30.0 Å². The lowest BCUT2D eigenvalue weighted by Crippen LogP contribution is -2.54. The van der Waals surface area contributed by atoms with Crippen LogP contribution < -0.4 is 0 Å². The molecule has 96 valence electrons. The van der Waals surface area contributed by atoms with Crippen LogP contribution in [0.25, 0.3) is 0 Å². The Hall–Kier alpha value is 0.610. The highest BCUT2D eigenvalue weighted by Crippen LogP contribution is 2.40. The maximum Gasteiger partial charge on any atom is 0.110 e. The molecule has 0 aromatic carbocycles. The Morgan fingerprint density at radius 2 is 1.81 bits per heavy atom. The zero-order chi connectivity index (χ0) is 12.5. The molecule has 1 fully saturated rings. The van der Waals surface area contributed by atoms with Gasteiger partial charge < -0.3 is 12.9 Å². The van der Waals surface area contributed by atoms with E-state index in [1.54, 1.807) is 0 Å². The lowest BCUT2D eigenvalue weighted by Gasteiger charge is -2.48. The van der Waals surface area contributed by atoms with E-state index < -0.39 is 0 Å². The van der Waals surface area contributed by atoms with Gasteiger partial charge in [-0.2, -0.15) is 0 Å². The van der Waals surface area contributed by atoms with E-state index in [1.165, 1.54) is 0 Å². The average Bonchev–Trinajstić information content (AvgIpc) is 2.17. The molecule has 0 aromatic heterocycles. The van der Waals surface area contributed by atoms with Crippen LogP contribution >= 0.6 is 23.0 Å². The van der Waals surface area contributed by atoms with Gasteiger partial charge in [-0.05, 0) is 5.41 Å². The first-order valence-corrected chi connectivity index (χ1v) is 6.74. The molecule has 16 heavy (non-hydrogen) atoms. The molecule has 1 rings (SSSR count). The van der Waals surface area contributed by atoms with E-state index in [4.69, 9.17) is 7.80 Å². The number of ether oxygens (including phenoxy) is 1. The molecule has 1 aliphatic heterocycles. The second-order valence-electron chi connectivity index (χ2n) is 5.92. The predicted octanol–water partition coefficient (Wildman–Crippen LogP) is 2.80. The summed E-state index contributed by atoms with van der Waals surface area (Å²) in [5.41, 5.74) is 0.0698. The lowest BCUT2D eigenvalue weighted by molar-refractivity contribution is -0.191. The normalized spacial score (nSPS) is 41.1. The molecular weight excluding hydrogens is 319 g/mol. The fourth-order valence-corrected chi connectivity index (χ4v) is 3.59. The molecule has 5 atom stereocenters. The number of halogens is 1. The first kappa shape index (κ1) is 14.7. The molecule has 3 nitrogen and oxygen atoms in total. The summed E-state index contributed by atoms with van der Waals surface area (Å²) in [5, 5.41) is 9.36. The smallest absolute Gasteiger partial charge is 0.110 e. The van der Waals surface area contributed by atoms with Gasteiger partial charge in [0.15, 0.2) is 0 Å².